The zero-order chi connectivity index (χ0) is 20.5. The van der Waals surface area contributed by atoms with Crippen LogP contribution in [0, 0.1) is 5.92 Å². The summed E-state index contributed by atoms with van der Waals surface area (Å²) in [7, 11) is 1.56. The second-order valence-electron chi connectivity index (χ2n) is 7.19. The average Bonchev–Trinajstić information content (AvgIpc) is 3.29. The number of hydrogen-bond acceptors (Lipinski definition) is 7. The normalized spacial score (nSPS) is 22.8. The summed E-state index contributed by atoms with van der Waals surface area (Å²) in [5, 5.41) is 24.0. The topological polar surface area (TPSA) is 120 Å². The van der Waals surface area contributed by atoms with E-state index in [1.54, 1.807) is 35.9 Å². The maximum atomic E-state index is 12.6. The number of amidine groups is 1. The lowest BCUT2D eigenvalue weighted by Crippen LogP contribution is -2.22. The summed E-state index contributed by atoms with van der Waals surface area (Å²) in [4.78, 5) is 21.2. The quantitative estimate of drug-likeness (QED) is 0.765. The molecule has 2 heterocycles. The van der Waals surface area contributed by atoms with Gasteiger partial charge in [-0.1, -0.05) is 13.0 Å². The molecule has 4 rings (SSSR count). The Kier molecular flexibility index (Phi) is 5.25. The summed E-state index contributed by atoms with van der Waals surface area (Å²) in [6.07, 6.45) is -0.112. The van der Waals surface area contributed by atoms with E-state index < -0.39 is 17.8 Å². The van der Waals surface area contributed by atoms with Gasteiger partial charge in [0.25, 0.3) is 0 Å². The Balaban J connectivity index is 1.71. The van der Waals surface area contributed by atoms with Crippen LogP contribution in [0.25, 0.3) is 0 Å². The summed E-state index contributed by atoms with van der Waals surface area (Å²) in [5.41, 5.74) is -0.356. The third kappa shape index (κ3) is 3.70. The number of aliphatic imine (C=N–C) groups is 1. The van der Waals surface area contributed by atoms with Crippen molar-refractivity contribution in [2.45, 2.75) is 44.9 Å². The van der Waals surface area contributed by atoms with Crippen molar-refractivity contribution in [1.82, 2.24) is 14.9 Å². The Labute approximate surface area is 167 Å². The Morgan fingerprint density at radius 3 is 2.62 bits per heavy atom. The minimum absolute atomic E-state index is 0.135. The molecule has 1 aromatic carbocycles. The second kappa shape index (κ2) is 7.84. The number of aromatic nitrogens is 2. The molecular weight excluding hydrogens is 376 g/mol. The first-order valence-electron chi connectivity index (χ1n) is 9.63. The highest BCUT2D eigenvalue weighted by Gasteiger charge is 2.38. The van der Waals surface area contributed by atoms with Crippen LogP contribution in [-0.4, -0.2) is 44.9 Å². The number of methoxy groups -OCH3 is 1. The van der Waals surface area contributed by atoms with Gasteiger partial charge < -0.3 is 19.7 Å². The largest absolute Gasteiger partial charge is 0.497 e. The third-order valence-electron chi connectivity index (χ3n) is 5.10. The van der Waals surface area contributed by atoms with E-state index >= 15 is 0 Å². The van der Waals surface area contributed by atoms with Gasteiger partial charge in [-0.25, -0.2) is 10.3 Å². The molecule has 0 saturated heterocycles. The van der Waals surface area contributed by atoms with Crippen molar-refractivity contribution in [1.29, 1.82) is 0 Å². The lowest BCUT2D eigenvalue weighted by Gasteiger charge is -2.14. The molecule has 1 radical (unpaired) electrons. The monoisotopic (exact) mass is 399 g/mol. The minimum Gasteiger partial charge on any atom is -0.497 e. The molecule has 2 aromatic rings. The van der Waals surface area contributed by atoms with Gasteiger partial charge in [0.05, 0.1) is 19.3 Å². The number of ether oxygens (including phenoxy) is 2. The van der Waals surface area contributed by atoms with Gasteiger partial charge in [-0.3, -0.25) is 9.36 Å². The Morgan fingerprint density at radius 1 is 1.21 bits per heavy atom. The number of nitrogens with zero attached hydrogens (tertiary/aromatic N) is 4. The van der Waals surface area contributed by atoms with Gasteiger partial charge in [-0.15, -0.1) is 0 Å². The van der Waals surface area contributed by atoms with Crippen LogP contribution in [0.2, 0.25) is 0 Å². The van der Waals surface area contributed by atoms with Crippen molar-refractivity contribution in [2.75, 3.05) is 7.11 Å². The molecule has 1 aliphatic carbocycles. The van der Waals surface area contributed by atoms with E-state index in [1.165, 1.54) is 0 Å². The molecule has 1 fully saturated rings. The van der Waals surface area contributed by atoms with E-state index in [0.717, 1.165) is 6.42 Å². The fourth-order valence-corrected chi connectivity index (χ4v) is 3.63. The molecule has 29 heavy (non-hydrogen) atoms. The first-order chi connectivity index (χ1) is 14.0. The van der Waals surface area contributed by atoms with Gasteiger partial charge in [-0.2, -0.15) is 4.98 Å². The number of hydrogen-bond donors (Lipinski definition) is 2. The fraction of sp³-hybridized carbons (Fsp3) is 0.450. The third-order valence-corrected chi connectivity index (χ3v) is 5.10. The van der Waals surface area contributed by atoms with Crippen molar-refractivity contribution in [3.8, 4) is 17.5 Å². The fourth-order valence-electron chi connectivity index (χ4n) is 3.63. The van der Waals surface area contributed by atoms with Crippen LogP contribution in [-0.2, 0) is 6.54 Å². The summed E-state index contributed by atoms with van der Waals surface area (Å²) in [6, 6.07) is 7.17. The molecule has 1 aromatic heterocycles. The van der Waals surface area contributed by atoms with Crippen molar-refractivity contribution in [3.05, 3.63) is 34.6 Å². The zero-order valence-electron chi connectivity index (χ0n) is 16.3. The molecule has 2 aliphatic rings. The van der Waals surface area contributed by atoms with E-state index in [4.69, 9.17) is 9.47 Å². The lowest BCUT2D eigenvalue weighted by molar-refractivity contribution is 0.0438. The van der Waals surface area contributed by atoms with E-state index in [2.05, 4.69) is 15.3 Å². The van der Waals surface area contributed by atoms with Crippen LogP contribution < -0.4 is 20.3 Å². The molecule has 2 unspecified atom stereocenters. The van der Waals surface area contributed by atoms with Crippen molar-refractivity contribution in [3.63, 3.8) is 0 Å². The number of rotatable bonds is 6. The zero-order valence-corrected chi connectivity index (χ0v) is 16.3. The van der Waals surface area contributed by atoms with E-state index in [-0.39, 0.29) is 17.6 Å². The summed E-state index contributed by atoms with van der Waals surface area (Å²) >= 11 is 0. The maximum absolute atomic E-state index is 12.6. The molecule has 9 nitrogen and oxygen atoms in total. The van der Waals surface area contributed by atoms with Crippen LogP contribution in [0.5, 0.6) is 17.5 Å². The van der Waals surface area contributed by atoms with E-state index in [9.17, 15) is 15.0 Å². The SMILES string of the molecule is CCCn1c(Oc2cccc(OC)c2)nc(=O)c2c1N=C(C1CC(O)C(O)C1)[N]2. The van der Waals surface area contributed by atoms with Crippen LogP contribution in [0.4, 0.5) is 11.5 Å². The molecular formula is C20H23N4O5. The molecule has 0 spiro atoms. The number of aliphatic hydroxyl groups is 2. The standard InChI is InChI=1S/C20H23N4O5/c1-3-7-24-18-16(21-17(22-18)11-8-14(25)15(26)9-11)19(27)23-20(24)29-13-6-4-5-12(10-13)28-2/h4-6,10-11,14-15,25-26H,3,7-9H2,1-2H3. The summed E-state index contributed by atoms with van der Waals surface area (Å²) < 4.78 is 12.8. The van der Waals surface area contributed by atoms with Gasteiger partial charge in [-0.05, 0) is 31.4 Å². The smallest absolute Gasteiger partial charge is 0.307 e. The summed E-state index contributed by atoms with van der Waals surface area (Å²) in [6.45, 7) is 2.54. The van der Waals surface area contributed by atoms with Gasteiger partial charge in [0.1, 0.15) is 17.3 Å². The predicted molar refractivity (Wildman–Crippen MR) is 105 cm³/mol. The summed E-state index contributed by atoms with van der Waals surface area (Å²) in [5.74, 6) is 1.75. The molecule has 0 amide bonds. The van der Waals surface area contributed by atoms with Crippen molar-refractivity contribution < 1.29 is 19.7 Å². The maximum Gasteiger partial charge on any atom is 0.307 e. The van der Waals surface area contributed by atoms with Gasteiger partial charge in [0, 0.05) is 18.5 Å². The van der Waals surface area contributed by atoms with Crippen LogP contribution in [0.1, 0.15) is 26.2 Å². The van der Waals surface area contributed by atoms with Crippen LogP contribution in [0.15, 0.2) is 34.1 Å². The Hall–Kier alpha value is -2.91. The molecule has 153 valence electrons. The van der Waals surface area contributed by atoms with Crippen molar-refractivity contribution in [2.24, 2.45) is 10.9 Å². The lowest BCUT2D eigenvalue weighted by atomic mass is 10.1. The molecule has 1 aliphatic heterocycles. The number of aliphatic hydroxyl groups excluding tert-OH is 2. The highest BCUT2D eigenvalue weighted by Crippen LogP contribution is 2.37. The minimum atomic E-state index is -0.804. The Morgan fingerprint density at radius 2 is 1.93 bits per heavy atom. The highest BCUT2D eigenvalue weighted by atomic mass is 16.5. The Bertz CT molecular complexity index is 993. The molecule has 9 heteroatoms. The van der Waals surface area contributed by atoms with Crippen LogP contribution in [0.3, 0.4) is 0 Å². The average molecular weight is 399 g/mol. The van der Waals surface area contributed by atoms with Gasteiger partial charge >= 0.3 is 11.6 Å². The van der Waals surface area contributed by atoms with Crippen molar-refractivity contribution >= 4 is 17.3 Å². The predicted octanol–water partition coefficient (Wildman–Crippen LogP) is 1.87. The number of benzene rings is 1. The van der Waals surface area contributed by atoms with E-state index in [0.29, 0.717) is 42.5 Å². The van der Waals surface area contributed by atoms with E-state index in [1.807, 2.05) is 6.92 Å². The molecule has 2 N–H and O–H groups in total. The first-order valence-corrected chi connectivity index (χ1v) is 9.63. The molecule has 1 saturated carbocycles. The molecule has 0 bridgehead atoms. The van der Waals surface area contributed by atoms with Gasteiger partial charge in [0.2, 0.25) is 0 Å². The molecule has 2 atom stereocenters. The highest BCUT2D eigenvalue weighted by molar-refractivity contribution is 5.96. The first kappa shape index (κ1) is 19.4. The van der Waals surface area contributed by atoms with Crippen LogP contribution >= 0.6 is 0 Å². The number of fused-ring (bicyclic) bond motifs is 1. The second-order valence-corrected chi connectivity index (χ2v) is 7.19. The van der Waals surface area contributed by atoms with Gasteiger partial charge in [0.15, 0.2) is 11.5 Å².